The molecule has 0 radical (unpaired) electrons. The van der Waals surface area contributed by atoms with E-state index in [4.69, 9.17) is 21.1 Å². The highest BCUT2D eigenvalue weighted by atomic mass is 35.5. The lowest BCUT2D eigenvalue weighted by Gasteiger charge is -2.36. The minimum Gasteiger partial charge on any atom is -0.497 e. The molecule has 5 nitrogen and oxygen atoms in total. The number of benzene rings is 1. The van der Waals surface area contributed by atoms with Gasteiger partial charge in [-0.2, -0.15) is 0 Å². The van der Waals surface area contributed by atoms with E-state index in [9.17, 15) is 9.59 Å². The van der Waals surface area contributed by atoms with E-state index < -0.39 is 11.6 Å². The van der Waals surface area contributed by atoms with Gasteiger partial charge in [0.1, 0.15) is 23.3 Å². The maximum Gasteiger partial charge on any atom is 0.329 e. The van der Waals surface area contributed by atoms with Gasteiger partial charge in [0, 0.05) is 6.54 Å². The van der Waals surface area contributed by atoms with Crippen molar-refractivity contribution in [2.75, 3.05) is 13.0 Å². The van der Waals surface area contributed by atoms with Gasteiger partial charge in [-0.25, -0.2) is 4.79 Å². The number of hydrogen-bond donors (Lipinski definition) is 0. The predicted molar refractivity (Wildman–Crippen MR) is 106 cm³/mol. The normalized spacial score (nSPS) is 15.6. The third-order valence-electron chi connectivity index (χ3n) is 4.78. The first-order valence-corrected chi connectivity index (χ1v) is 9.98. The molecule has 0 N–H and O–H groups in total. The molecule has 1 aromatic rings. The van der Waals surface area contributed by atoms with E-state index in [1.165, 1.54) is 6.42 Å². The zero-order valence-electron chi connectivity index (χ0n) is 16.7. The summed E-state index contributed by atoms with van der Waals surface area (Å²) in [7, 11) is 1.61. The lowest BCUT2D eigenvalue weighted by atomic mass is 9.80. The Kier molecular flexibility index (Phi) is 7.54. The molecule has 0 saturated heterocycles. The van der Waals surface area contributed by atoms with Crippen molar-refractivity contribution in [3.8, 4) is 5.75 Å². The Bertz CT molecular complexity index is 635. The number of carbonyl (C=O) groups excluding carboxylic acids is 2. The zero-order valence-corrected chi connectivity index (χ0v) is 17.4. The van der Waals surface area contributed by atoms with Crippen LogP contribution in [0, 0.1) is 5.92 Å². The van der Waals surface area contributed by atoms with Crippen LogP contribution in [0.2, 0.25) is 0 Å². The Balaban J connectivity index is 2.24. The first-order chi connectivity index (χ1) is 12.7. The lowest BCUT2D eigenvalue weighted by molar-refractivity contribution is -0.166. The van der Waals surface area contributed by atoms with E-state index in [0.29, 0.717) is 18.9 Å². The molecule has 1 amide bonds. The average Bonchev–Trinajstić information content (AvgIpc) is 2.57. The maximum absolute atomic E-state index is 12.9. The van der Waals surface area contributed by atoms with Crippen LogP contribution in [0.5, 0.6) is 5.75 Å². The number of nitrogens with zero attached hydrogens (tertiary/aromatic N) is 1. The summed E-state index contributed by atoms with van der Waals surface area (Å²) in [5.41, 5.74) is 0.307. The number of ether oxygens (including phenoxy) is 2. The van der Waals surface area contributed by atoms with Crippen molar-refractivity contribution in [2.45, 2.75) is 64.6 Å². The first kappa shape index (κ1) is 21.5. The Hall–Kier alpha value is -1.75. The molecule has 0 aliphatic heterocycles. The highest BCUT2D eigenvalue weighted by Crippen LogP contribution is 2.33. The number of carbonyl (C=O) groups is 2. The topological polar surface area (TPSA) is 55.8 Å². The van der Waals surface area contributed by atoms with Crippen LogP contribution in [0.1, 0.15) is 52.0 Å². The van der Waals surface area contributed by atoms with E-state index in [1.54, 1.807) is 12.0 Å². The van der Waals surface area contributed by atoms with Crippen LogP contribution >= 0.6 is 11.6 Å². The van der Waals surface area contributed by atoms with E-state index in [-0.39, 0.29) is 17.8 Å². The average molecular weight is 396 g/mol. The molecule has 1 aliphatic rings. The number of alkyl halides is 1. The van der Waals surface area contributed by atoms with Crippen LogP contribution in [0.4, 0.5) is 0 Å². The molecule has 0 bridgehead atoms. The van der Waals surface area contributed by atoms with Gasteiger partial charge in [0.25, 0.3) is 0 Å². The molecule has 0 unspecified atom stereocenters. The summed E-state index contributed by atoms with van der Waals surface area (Å²) in [6, 6.07) is 6.84. The molecule has 1 saturated carbocycles. The van der Waals surface area contributed by atoms with Crippen molar-refractivity contribution in [3.05, 3.63) is 29.8 Å². The van der Waals surface area contributed by atoms with Crippen LogP contribution in [0.3, 0.4) is 0 Å². The second-order valence-electron chi connectivity index (χ2n) is 8.09. The highest BCUT2D eigenvalue weighted by Gasteiger charge is 2.36. The van der Waals surface area contributed by atoms with Gasteiger partial charge in [-0.15, -0.1) is 11.6 Å². The second kappa shape index (κ2) is 9.45. The number of halogens is 1. The minimum atomic E-state index is -0.622. The standard InChI is InChI=1S/C21H30ClNO4/c1-21(2,3)27-20(25)18(12-15-6-5-7-15)23(19(24)13-22)14-16-8-10-17(26-4)11-9-16/h8-11,15,18H,5-7,12-14H2,1-4H3/t18-/m0/s1. The molecule has 6 heteroatoms. The molecular weight excluding hydrogens is 366 g/mol. The molecule has 150 valence electrons. The van der Waals surface area contributed by atoms with Gasteiger partial charge in [-0.1, -0.05) is 31.4 Å². The van der Waals surface area contributed by atoms with E-state index in [2.05, 4.69) is 0 Å². The van der Waals surface area contributed by atoms with Crippen molar-refractivity contribution in [1.82, 2.24) is 4.90 Å². The summed E-state index contributed by atoms with van der Waals surface area (Å²) in [6.45, 7) is 5.82. The van der Waals surface area contributed by atoms with Crippen LogP contribution in [-0.2, 0) is 20.9 Å². The molecule has 0 aromatic heterocycles. The number of methoxy groups -OCH3 is 1. The molecule has 1 atom stereocenters. The van der Waals surface area contributed by atoms with Crippen molar-refractivity contribution >= 4 is 23.5 Å². The molecule has 1 fully saturated rings. The Morgan fingerprint density at radius 2 is 1.85 bits per heavy atom. The Morgan fingerprint density at radius 3 is 2.30 bits per heavy atom. The van der Waals surface area contributed by atoms with E-state index in [0.717, 1.165) is 24.2 Å². The summed E-state index contributed by atoms with van der Waals surface area (Å²) in [6.07, 6.45) is 3.97. The monoisotopic (exact) mass is 395 g/mol. The summed E-state index contributed by atoms with van der Waals surface area (Å²) < 4.78 is 10.8. The number of rotatable bonds is 8. The maximum atomic E-state index is 12.9. The second-order valence-corrected chi connectivity index (χ2v) is 8.35. The van der Waals surface area contributed by atoms with Gasteiger partial charge in [0.15, 0.2) is 0 Å². The van der Waals surface area contributed by atoms with Crippen molar-refractivity contribution in [1.29, 1.82) is 0 Å². The van der Waals surface area contributed by atoms with Crippen molar-refractivity contribution < 1.29 is 19.1 Å². The van der Waals surface area contributed by atoms with Gasteiger partial charge in [0.2, 0.25) is 5.91 Å². The van der Waals surface area contributed by atoms with Gasteiger partial charge >= 0.3 is 5.97 Å². The van der Waals surface area contributed by atoms with Gasteiger partial charge in [-0.3, -0.25) is 4.79 Å². The molecule has 27 heavy (non-hydrogen) atoms. The van der Waals surface area contributed by atoms with Crippen LogP contribution in [0.25, 0.3) is 0 Å². The SMILES string of the molecule is COc1ccc(CN(C(=O)CCl)[C@@H](CC2CCC2)C(=O)OC(C)(C)C)cc1. The van der Waals surface area contributed by atoms with Crippen LogP contribution in [-0.4, -0.2) is 41.4 Å². The number of amides is 1. The van der Waals surface area contributed by atoms with Crippen LogP contribution in [0.15, 0.2) is 24.3 Å². The number of esters is 1. The lowest BCUT2D eigenvalue weighted by Crippen LogP contribution is -2.49. The summed E-state index contributed by atoms with van der Waals surface area (Å²) in [4.78, 5) is 27.1. The van der Waals surface area contributed by atoms with Crippen molar-refractivity contribution in [3.63, 3.8) is 0 Å². The fourth-order valence-electron chi connectivity index (χ4n) is 3.14. The van der Waals surface area contributed by atoms with Crippen molar-refractivity contribution in [2.24, 2.45) is 5.92 Å². The molecule has 2 rings (SSSR count). The first-order valence-electron chi connectivity index (χ1n) is 9.44. The molecule has 0 heterocycles. The van der Waals surface area contributed by atoms with E-state index >= 15 is 0 Å². The Labute approximate surface area is 167 Å². The predicted octanol–water partition coefficient (Wildman–Crippen LogP) is 4.16. The Morgan fingerprint density at radius 1 is 1.22 bits per heavy atom. The smallest absolute Gasteiger partial charge is 0.329 e. The number of hydrogen-bond acceptors (Lipinski definition) is 4. The third kappa shape index (κ3) is 6.42. The van der Waals surface area contributed by atoms with E-state index in [1.807, 2.05) is 45.0 Å². The van der Waals surface area contributed by atoms with Gasteiger partial charge in [-0.05, 0) is 50.8 Å². The largest absolute Gasteiger partial charge is 0.497 e. The minimum absolute atomic E-state index is 0.167. The summed E-state index contributed by atoms with van der Waals surface area (Å²) in [5.74, 6) is 0.403. The fraction of sp³-hybridized carbons (Fsp3) is 0.619. The third-order valence-corrected chi connectivity index (χ3v) is 5.01. The molecule has 1 aliphatic carbocycles. The van der Waals surface area contributed by atoms with Gasteiger partial charge < -0.3 is 14.4 Å². The molecule has 0 spiro atoms. The zero-order chi connectivity index (χ0) is 20.0. The molecular formula is C21H30ClNO4. The fourth-order valence-corrected chi connectivity index (χ4v) is 3.29. The van der Waals surface area contributed by atoms with Crippen LogP contribution < -0.4 is 4.74 Å². The summed E-state index contributed by atoms with van der Waals surface area (Å²) in [5, 5.41) is 0. The molecule has 1 aromatic carbocycles. The highest BCUT2D eigenvalue weighted by molar-refractivity contribution is 6.27. The quantitative estimate of drug-likeness (QED) is 0.489. The van der Waals surface area contributed by atoms with Gasteiger partial charge in [0.05, 0.1) is 7.11 Å². The summed E-state index contributed by atoms with van der Waals surface area (Å²) >= 11 is 5.86.